The molecule has 1 N–H and O–H groups in total. The second-order valence-corrected chi connectivity index (χ2v) is 5.90. The van der Waals surface area contributed by atoms with E-state index in [4.69, 9.17) is 5.11 Å². The van der Waals surface area contributed by atoms with Gasteiger partial charge < -0.3 is 10.0 Å². The van der Waals surface area contributed by atoms with Crippen LogP contribution in [0.5, 0.6) is 0 Å². The molecule has 0 unspecified atom stereocenters. The van der Waals surface area contributed by atoms with Crippen LogP contribution in [0.1, 0.15) is 32.6 Å². The molecule has 1 aliphatic carbocycles. The highest BCUT2D eigenvalue weighted by molar-refractivity contribution is 7.99. The van der Waals surface area contributed by atoms with E-state index in [1.807, 2.05) is 6.92 Å². The average Bonchev–Trinajstić information content (AvgIpc) is 2.85. The van der Waals surface area contributed by atoms with E-state index < -0.39 is 12.0 Å². The molecular weight excluding hydrogens is 226 g/mol. The molecule has 2 fully saturated rings. The standard InChI is InChI=1S/C11H17NO3S/c1-11(4-2-3-5-11)10(15)12-7-16-6-8(12)9(13)14/h8H,2-7H2,1H3,(H,13,14)/t8-/m0/s1. The number of hydrogen-bond acceptors (Lipinski definition) is 3. The summed E-state index contributed by atoms with van der Waals surface area (Å²) in [6.07, 6.45) is 3.97. The molecule has 2 aliphatic rings. The number of carbonyl (C=O) groups excluding carboxylic acids is 1. The number of rotatable bonds is 2. The Balaban J connectivity index is 2.12. The maximum atomic E-state index is 12.3. The van der Waals surface area contributed by atoms with Crippen molar-refractivity contribution in [3.63, 3.8) is 0 Å². The van der Waals surface area contributed by atoms with E-state index in [9.17, 15) is 9.59 Å². The molecule has 1 aliphatic heterocycles. The minimum absolute atomic E-state index is 0.0439. The van der Waals surface area contributed by atoms with Gasteiger partial charge in [0.05, 0.1) is 5.88 Å². The van der Waals surface area contributed by atoms with Gasteiger partial charge in [0.1, 0.15) is 6.04 Å². The SMILES string of the molecule is CC1(C(=O)N2CSC[C@H]2C(=O)O)CCCC1. The van der Waals surface area contributed by atoms with Gasteiger partial charge in [-0.3, -0.25) is 4.79 Å². The minimum Gasteiger partial charge on any atom is -0.480 e. The van der Waals surface area contributed by atoms with Crippen molar-refractivity contribution in [2.75, 3.05) is 11.6 Å². The van der Waals surface area contributed by atoms with Crippen molar-refractivity contribution in [1.29, 1.82) is 0 Å². The van der Waals surface area contributed by atoms with Gasteiger partial charge in [-0.2, -0.15) is 0 Å². The first-order valence-corrected chi connectivity index (χ1v) is 6.82. The topological polar surface area (TPSA) is 57.6 Å². The lowest BCUT2D eigenvalue weighted by Gasteiger charge is -2.30. The van der Waals surface area contributed by atoms with Gasteiger partial charge in [0, 0.05) is 11.2 Å². The molecule has 0 aromatic carbocycles. The number of carboxylic acids is 1. The third-order valence-corrected chi connectivity index (χ3v) is 4.66. The highest BCUT2D eigenvalue weighted by Crippen LogP contribution is 2.40. The summed E-state index contributed by atoms with van der Waals surface area (Å²) in [6.45, 7) is 1.98. The van der Waals surface area contributed by atoms with Gasteiger partial charge in [-0.25, -0.2) is 4.79 Å². The summed E-state index contributed by atoms with van der Waals surface area (Å²) >= 11 is 1.53. The molecule has 0 aromatic heterocycles. The lowest BCUT2D eigenvalue weighted by molar-refractivity contribution is -0.152. The number of carbonyl (C=O) groups is 2. The highest BCUT2D eigenvalue weighted by atomic mass is 32.2. The second-order valence-electron chi connectivity index (χ2n) is 4.90. The molecule has 0 radical (unpaired) electrons. The van der Waals surface area contributed by atoms with Crippen molar-refractivity contribution in [3.8, 4) is 0 Å². The molecule has 90 valence electrons. The van der Waals surface area contributed by atoms with Crippen LogP contribution in [0.2, 0.25) is 0 Å². The molecule has 1 atom stereocenters. The van der Waals surface area contributed by atoms with Crippen LogP contribution < -0.4 is 0 Å². The van der Waals surface area contributed by atoms with Crippen molar-refractivity contribution in [2.45, 2.75) is 38.6 Å². The van der Waals surface area contributed by atoms with Crippen molar-refractivity contribution in [2.24, 2.45) is 5.41 Å². The summed E-state index contributed by atoms with van der Waals surface area (Å²) < 4.78 is 0. The lowest BCUT2D eigenvalue weighted by atomic mass is 9.87. The predicted octanol–water partition coefficient (Wildman–Crippen LogP) is 1.55. The Kier molecular flexibility index (Phi) is 3.15. The van der Waals surface area contributed by atoms with E-state index in [1.165, 1.54) is 11.8 Å². The maximum absolute atomic E-state index is 12.3. The summed E-state index contributed by atoms with van der Waals surface area (Å²) in [5.74, 6) is 0.227. The van der Waals surface area contributed by atoms with Crippen LogP contribution in [0.25, 0.3) is 0 Å². The first-order valence-electron chi connectivity index (χ1n) is 5.66. The molecule has 0 spiro atoms. The predicted molar refractivity (Wildman–Crippen MR) is 62.2 cm³/mol. The molecular formula is C11H17NO3S. The lowest BCUT2D eigenvalue weighted by Crippen LogP contribution is -2.47. The minimum atomic E-state index is -0.875. The summed E-state index contributed by atoms with van der Waals surface area (Å²) in [7, 11) is 0. The number of amides is 1. The molecule has 1 heterocycles. The van der Waals surface area contributed by atoms with Gasteiger partial charge in [0.25, 0.3) is 0 Å². The van der Waals surface area contributed by atoms with Gasteiger partial charge >= 0.3 is 5.97 Å². The highest BCUT2D eigenvalue weighted by Gasteiger charge is 2.44. The summed E-state index contributed by atoms with van der Waals surface area (Å²) in [5, 5.41) is 9.05. The van der Waals surface area contributed by atoms with Crippen molar-refractivity contribution in [3.05, 3.63) is 0 Å². The first kappa shape index (κ1) is 11.8. The van der Waals surface area contributed by atoms with Crippen LogP contribution in [0.3, 0.4) is 0 Å². The Labute approximate surface area is 99.4 Å². The normalized spacial score (nSPS) is 28.3. The largest absolute Gasteiger partial charge is 0.480 e. The molecule has 4 nitrogen and oxygen atoms in total. The monoisotopic (exact) mass is 243 g/mol. The zero-order valence-electron chi connectivity index (χ0n) is 9.44. The summed E-state index contributed by atoms with van der Waals surface area (Å²) in [4.78, 5) is 24.9. The number of carboxylic acid groups (broad SMARTS) is 1. The smallest absolute Gasteiger partial charge is 0.327 e. The Morgan fingerprint density at radius 3 is 2.56 bits per heavy atom. The van der Waals surface area contributed by atoms with E-state index in [1.54, 1.807) is 4.90 Å². The maximum Gasteiger partial charge on any atom is 0.327 e. The molecule has 16 heavy (non-hydrogen) atoms. The van der Waals surface area contributed by atoms with Crippen molar-refractivity contribution < 1.29 is 14.7 Å². The third-order valence-electron chi connectivity index (χ3n) is 3.65. The fourth-order valence-corrected chi connectivity index (χ4v) is 3.71. The fraction of sp³-hybridized carbons (Fsp3) is 0.818. The Hall–Kier alpha value is -0.710. The number of nitrogens with zero attached hydrogens (tertiary/aromatic N) is 1. The summed E-state index contributed by atoms with van der Waals surface area (Å²) in [6, 6.07) is -0.616. The molecule has 1 saturated heterocycles. The first-order chi connectivity index (χ1) is 7.54. The van der Waals surface area contributed by atoms with Crippen molar-refractivity contribution in [1.82, 2.24) is 4.90 Å². The Bertz CT molecular complexity index is 312. The van der Waals surface area contributed by atoms with Crippen molar-refractivity contribution >= 4 is 23.6 Å². The van der Waals surface area contributed by atoms with E-state index in [-0.39, 0.29) is 11.3 Å². The second kappa shape index (κ2) is 4.28. The molecule has 5 heteroatoms. The van der Waals surface area contributed by atoms with E-state index in [2.05, 4.69) is 0 Å². The van der Waals surface area contributed by atoms with Gasteiger partial charge in [0.2, 0.25) is 5.91 Å². The molecule has 0 bridgehead atoms. The van der Waals surface area contributed by atoms with E-state index in [0.717, 1.165) is 25.7 Å². The van der Waals surface area contributed by atoms with Crippen LogP contribution in [-0.4, -0.2) is 39.6 Å². The average molecular weight is 243 g/mol. The quantitative estimate of drug-likeness (QED) is 0.799. The zero-order chi connectivity index (χ0) is 11.8. The Morgan fingerprint density at radius 1 is 1.38 bits per heavy atom. The summed E-state index contributed by atoms with van der Waals surface area (Å²) in [5.41, 5.74) is -0.307. The van der Waals surface area contributed by atoms with Crippen LogP contribution in [0, 0.1) is 5.41 Å². The molecule has 1 amide bonds. The zero-order valence-corrected chi connectivity index (χ0v) is 10.3. The third kappa shape index (κ3) is 1.93. The Morgan fingerprint density at radius 2 is 2.00 bits per heavy atom. The fourth-order valence-electron chi connectivity index (χ4n) is 2.56. The van der Waals surface area contributed by atoms with Crippen LogP contribution in [0.4, 0.5) is 0 Å². The number of aliphatic carboxylic acids is 1. The molecule has 1 saturated carbocycles. The van der Waals surface area contributed by atoms with Gasteiger partial charge in [-0.05, 0) is 12.8 Å². The molecule has 2 rings (SSSR count). The molecule has 0 aromatic rings. The van der Waals surface area contributed by atoms with E-state index >= 15 is 0 Å². The van der Waals surface area contributed by atoms with Gasteiger partial charge in [0.15, 0.2) is 0 Å². The number of hydrogen-bond donors (Lipinski definition) is 1. The van der Waals surface area contributed by atoms with E-state index in [0.29, 0.717) is 11.6 Å². The number of thioether (sulfide) groups is 1. The van der Waals surface area contributed by atoms with Gasteiger partial charge in [-0.1, -0.05) is 19.8 Å². The van der Waals surface area contributed by atoms with Crippen LogP contribution in [-0.2, 0) is 9.59 Å². The van der Waals surface area contributed by atoms with Gasteiger partial charge in [-0.15, -0.1) is 11.8 Å². The van der Waals surface area contributed by atoms with Crippen LogP contribution in [0.15, 0.2) is 0 Å². The van der Waals surface area contributed by atoms with Crippen LogP contribution >= 0.6 is 11.8 Å².